The lowest BCUT2D eigenvalue weighted by Crippen LogP contribution is -2.32. The Bertz CT molecular complexity index is 1050. The van der Waals surface area contributed by atoms with E-state index in [0.717, 1.165) is 24.8 Å². The van der Waals surface area contributed by atoms with E-state index in [1.54, 1.807) is 12.3 Å². The average molecular weight is 380 g/mol. The van der Waals surface area contributed by atoms with E-state index >= 15 is 0 Å². The maximum atomic E-state index is 13.2. The molecule has 1 saturated heterocycles. The van der Waals surface area contributed by atoms with Gasteiger partial charge in [0.15, 0.2) is 5.16 Å². The van der Waals surface area contributed by atoms with Crippen LogP contribution >= 0.6 is 11.8 Å². The third-order valence-electron chi connectivity index (χ3n) is 4.60. The summed E-state index contributed by atoms with van der Waals surface area (Å²) in [6.07, 6.45) is 4.43. The van der Waals surface area contributed by atoms with Gasteiger partial charge in [-0.25, -0.2) is 14.5 Å². The minimum absolute atomic E-state index is 0.00308. The molecule has 3 aromatic rings. The first kappa shape index (κ1) is 17.7. The minimum Gasteiger partial charge on any atom is -0.355 e. The summed E-state index contributed by atoms with van der Waals surface area (Å²) in [4.78, 5) is 34.7. The van der Waals surface area contributed by atoms with Crippen molar-refractivity contribution in [3.05, 3.63) is 58.5 Å². The van der Waals surface area contributed by atoms with Crippen LogP contribution in [0.4, 0.5) is 0 Å². The van der Waals surface area contributed by atoms with Crippen molar-refractivity contribution in [2.75, 3.05) is 6.54 Å². The molecule has 4 rings (SSSR count). The lowest BCUT2D eigenvalue weighted by molar-refractivity contribution is -0.120. The van der Waals surface area contributed by atoms with Gasteiger partial charge in [-0.1, -0.05) is 36.4 Å². The number of hydrogen-bond donors (Lipinski definition) is 1. The Morgan fingerprint density at radius 3 is 2.81 bits per heavy atom. The van der Waals surface area contributed by atoms with E-state index in [1.807, 2.05) is 37.3 Å². The number of nitrogens with one attached hydrogen (secondary N) is 1. The van der Waals surface area contributed by atoms with E-state index < -0.39 is 0 Å². The number of thioether (sulfide) groups is 1. The van der Waals surface area contributed by atoms with E-state index in [1.165, 1.54) is 16.3 Å². The molecule has 1 aromatic carbocycles. The van der Waals surface area contributed by atoms with Crippen LogP contribution in [0.2, 0.25) is 0 Å². The van der Waals surface area contributed by atoms with Crippen molar-refractivity contribution in [2.45, 2.75) is 36.6 Å². The second-order valence-electron chi connectivity index (χ2n) is 6.64. The highest BCUT2D eigenvalue weighted by Gasteiger charge is 2.25. The molecule has 1 N–H and O–H groups in total. The van der Waals surface area contributed by atoms with Crippen LogP contribution in [0.3, 0.4) is 0 Å². The van der Waals surface area contributed by atoms with E-state index in [4.69, 9.17) is 4.98 Å². The summed E-state index contributed by atoms with van der Waals surface area (Å²) in [5.41, 5.74) is 1.47. The second-order valence-corrected chi connectivity index (χ2v) is 7.81. The predicted molar refractivity (Wildman–Crippen MR) is 106 cm³/mol. The summed E-state index contributed by atoms with van der Waals surface area (Å²) in [6.45, 7) is 2.65. The number of benzene rings is 1. The molecule has 27 heavy (non-hydrogen) atoms. The molecule has 1 aliphatic rings. The maximum Gasteiger partial charge on any atom is 0.267 e. The van der Waals surface area contributed by atoms with Crippen molar-refractivity contribution < 1.29 is 4.79 Å². The summed E-state index contributed by atoms with van der Waals surface area (Å²) in [7, 11) is 0. The molecule has 1 amide bonds. The van der Waals surface area contributed by atoms with Crippen LogP contribution < -0.4 is 10.9 Å². The number of aryl methyl sites for hydroxylation is 1. The highest BCUT2D eigenvalue weighted by molar-refractivity contribution is 8.00. The van der Waals surface area contributed by atoms with Crippen molar-refractivity contribution in [1.82, 2.24) is 19.9 Å². The molecule has 0 aliphatic carbocycles. The molecule has 3 heterocycles. The van der Waals surface area contributed by atoms with Crippen LogP contribution in [0.15, 0.2) is 52.5 Å². The summed E-state index contributed by atoms with van der Waals surface area (Å²) < 4.78 is 1.52. The summed E-state index contributed by atoms with van der Waals surface area (Å²) in [5, 5.41) is 3.71. The van der Waals surface area contributed by atoms with Gasteiger partial charge < -0.3 is 5.32 Å². The summed E-state index contributed by atoms with van der Waals surface area (Å²) >= 11 is 1.34. The molecule has 0 radical (unpaired) electrons. The number of rotatable bonds is 3. The minimum atomic E-state index is -0.266. The average Bonchev–Trinajstić information content (AvgIpc) is 2.88. The van der Waals surface area contributed by atoms with Gasteiger partial charge in [-0.3, -0.25) is 9.59 Å². The maximum absolute atomic E-state index is 13.2. The normalized spacial score (nSPS) is 17.5. The molecule has 0 saturated carbocycles. The topological polar surface area (TPSA) is 76.9 Å². The highest BCUT2D eigenvalue weighted by atomic mass is 32.2. The van der Waals surface area contributed by atoms with E-state index in [2.05, 4.69) is 10.3 Å². The number of fused-ring (bicyclic) bond motifs is 1. The molecule has 0 bridgehead atoms. The van der Waals surface area contributed by atoms with Crippen molar-refractivity contribution in [3.8, 4) is 5.82 Å². The Morgan fingerprint density at radius 1 is 1.15 bits per heavy atom. The first-order valence-corrected chi connectivity index (χ1v) is 9.90. The van der Waals surface area contributed by atoms with Crippen molar-refractivity contribution >= 4 is 28.6 Å². The summed E-state index contributed by atoms with van der Waals surface area (Å²) in [6, 6.07) is 11.0. The van der Waals surface area contributed by atoms with E-state index in [-0.39, 0.29) is 16.7 Å². The second kappa shape index (κ2) is 7.52. The van der Waals surface area contributed by atoms with Gasteiger partial charge in [-0.2, -0.15) is 0 Å². The largest absolute Gasteiger partial charge is 0.355 e. The first-order chi connectivity index (χ1) is 13.1. The number of nitrogens with zero attached hydrogens (tertiary/aromatic N) is 3. The van der Waals surface area contributed by atoms with E-state index in [9.17, 15) is 9.59 Å². The van der Waals surface area contributed by atoms with Crippen molar-refractivity contribution in [1.29, 1.82) is 0 Å². The van der Waals surface area contributed by atoms with Gasteiger partial charge in [0, 0.05) is 12.7 Å². The molecule has 2 aromatic heterocycles. The monoisotopic (exact) mass is 380 g/mol. The van der Waals surface area contributed by atoms with E-state index in [0.29, 0.717) is 28.4 Å². The Morgan fingerprint density at radius 2 is 2.00 bits per heavy atom. The standard InChI is InChI=1S/C20H20N4O2S/c1-13-9-10-17(22-12-13)24-19(26)14-6-2-3-7-15(14)23-20(24)27-16-8-4-5-11-21-18(16)25/h2-3,6-7,9-10,12,16H,4-5,8,11H2,1H3,(H,21,25)/t16-/m0/s1. The quantitative estimate of drug-likeness (QED) is 0.707. The number of aromatic nitrogens is 3. The molecule has 6 nitrogen and oxygen atoms in total. The SMILES string of the molecule is Cc1ccc(-n2c(S[C@H]3CCCCNC3=O)nc3ccccc3c2=O)nc1. The molecular formula is C20H20N4O2S. The Hall–Kier alpha value is -2.67. The molecule has 138 valence electrons. The fourth-order valence-corrected chi connectivity index (χ4v) is 4.30. The Labute approximate surface area is 161 Å². The molecule has 0 spiro atoms. The smallest absolute Gasteiger partial charge is 0.267 e. The zero-order chi connectivity index (χ0) is 18.8. The van der Waals surface area contributed by atoms with Gasteiger partial charge in [0.05, 0.1) is 16.2 Å². The summed E-state index contributed by atoms with van der Waals surface area (Å²) in [5.74, 6) is 0.517. The number of carbonyl (C=O) groups is 1. The van der Waals surface area contributed by atoms with Crippen LogP contribution in [-0.4, -0.2) is 32.2 Å². The van der Waals surface area contributed by atoms with Gasteiger partial charge >= 0.3 is 0 Å². The Balaban J connectivity index is 1.87. The van der Waals surface area contributed by atoms with Crippen LogP contribution in [0.5, 0.6) is 0 Å². The molecule has 7 heteroatoms. The number of amides is 1. The number of hydrogen-bond acceptors (Lipinski definition) is 5. The van der Waals surface area contributed by atoms with Gasteiger partial charge in [0.2, 0.25) is 5.91 Å². The van der Waals surface area contributed by atoms with Gasteiger partial charge in [-0.15, -0.1) is 0 Å². The van der Waals surface area contributed by atoms with Gasteiger partial charge in [-0.05, 0) is 43.5 Å². The predicted octanol–water partition coefficient (Wildman–Crippen LogP) is 2.85. The zero-order valence-electron chi connectivity index (χ0n) is 15.0. The lowest BCUT2D eigenvalue weighted by Gasteiger charge is -2.16. The van der Waals surface area contributed by atoms with Crippen LogP contribution in [-0.2, 0) is 4.79 Å². The Kier molecular flexibility index (Phi) is 4.94. The van der Waals surface area contributed by atoms with Crippen LogP contribution in [0.1, 0.15) is 24.8 Å². The lowest BCUT2D eigenvalue weighted by atomic mass is 10.2. The molecule has 1 fully saturated rings. The molecular weight excluding hydrogens is 360 g/mol. The molecule has 0 unspecified atom stereocenters. The van der Waals surface area contributed by atoms with Gasteiger partial charge in [0.1, 0.15) is 5.82 Å². The fourth-order valence-electron chi connectivity index (χ4n) is 3.14. The number of pyridine rings is 1. The van der Waals surface area contributed by atoms with Crippen LogP contribution in [0, 0.1) is 6.92 Å². The van der Waals surface area contributed by atoms with Crippen molar-refractivity contribution in [2.24, 2.45) is 0 Å². The highest BCUT2D eigenvalue weighted by Crippen LogP contribution is 2.28. The van der Waals surface area contributed by atoms with Crippen molar-refractivity contribution in [3.63, 3.8) is 0 Å². The molecule has 1 aliphatic heterocycles. The number of carbonyl (C=O) groups excluding carboxylic acids is 1. The third kappa shape index (κ3) is 3.60. The molecule has 1 atom stereocenters. The van der Waals surface area contributed by atoms with Crippen LogP contribution in [0.25, 0.3) is 16.7 Å². The van der Waals surface area contributed by atoms with Gasteiger partial charge in [0.25, 0.3) is 5.56 Å². The zero-order valence-corrected chi connectivity index (χ0v) is 15.8. The fraction of sp³-hybridized carbons (Fsp3) is 0.300. The number of para-hydroxylation sites is 1. The third-order valence-corrected chi connectivity index (χ3v) is 5.82. The first-order valence-electron chi connectivity index (χ1n) is 9.03.